The van der Waals surface area contributed by atoms with Gasteiger partial charge in [0, 0.05) is 10.9 Å². The van der Waals surface area contributed by atoms with Crippen LogP contribution in [0, 0.1) is 0 Å². The molecule has 0 heterocycles. The van der Waals surface area contributed by atoms with Crippen LogP contribution in [0.4, 0.5) is 8.78 Å². The first-order valence-electron chi connectivity index (χ1n) is 4.22. The fourth-order valence-electron chi connectivity index (χ4n) is 1.24. The molecule has 0 aliphatic heterocycles. The smallest absolute Gasteiger partial charge is 0.245 e. The molecule has 1 aromatic carbocycles. The van der Waals surface area contributed by atoms with E-state index in [1.165, 1.54) is 0 Å². The molecule has 0 spiro atoms. The van der Waals surface area contributed by atoms with Crippen molar-refractivity contribution >= 4 is 32.8 Å². The molecule has 0 amide bonds. The van der Waals surface area contributed by atoms with Crippen LogP contribution in [0.25, 0.3) is 0 Å². The van der Waals surface area contributed by atoms with Crippen molar-refractivity contribution in [3.8, 4) is 0 Å². The van der Waals surface area contributed by atoms with Gasteiger partial charge >= 0.3 is 0 Å². The van der Waals surface area contributed by atoms with Gasteiger partial charge in [-0.25, -0.2) is 8.78 Å². The summed E-state index contributed by atoms with van der Waals surface area (Å²) in [5.74, 6) is -1.12. The molecule has 15 heavy (non-hydrogen) atoms. The second kappa shape index (κ2) is 5.56. The number of carbonyl (C=O) groups is 1. The minimum Gasteiger partial charge on any atom is -0.281 e. The molecule has 0 N–H and O–H groups in total. The lowest BCUT2D eigenvalue weighted by atomic mass is 9.97. The lowest BCUT2D eigenvalue weighted by Gasteiger charge is -2.14. The monoisotopic (exact) mass is 296 g/mol. The third-order valence-corrected chi connectivity index (χ3v) is 2.67. The van der Waals surface area contributed by atoms with Crippen LogP contribution >= 0.6 is 27.5 Å². The maximum absolute atomic E-state index is 12.6. The van der Waals surface area contributed by atoms with Crippen molar-refractivity contribution < 1.29 is 13.6 Å². The highest BCUT2D eigenvalue weighted by molar-refractivity contribution is 9.10. The Morgan fingerprint density at radius 2 is 1.87 bits per heavy atom. The lowest BCUT2D eigenvalue weighted by Crippen LogP contribution is -2.11. The van der Waals surface area contributed by atoms with E-state index in [9.17, 15) is 13.6 Å². The summed E-state index contributed by atoms with van der Waals surface area (Å²) in [6.45, 7) is 0. The van der Waals surface area contributed by atoms with Gasteiger partial charge in [0.05, 0.1) is 5.92 Å². The van der Waals surface area contributed by atoms with Gasteiger partial charge in [0.25, 0.3) is 0 Å². The number of alkyl halides is 2. The van der Waals surface area contributed by atoms with Crippen LogP contribution in [-0.4, -0.2) is 11.7 Å². The molecule has 1 aromatic rings. The first-order valence-corrected chi connectivity index (χ1v) is 5.39. The van der Waals surface area contributed by atoms with Gasteiger partial charge in [-0.1, -0.05) is 28.1 Å². The zero-order chi connectivity index (χ0) is 11.4. The Morgan fingerprint density at radius 1 is 1.33 bits per heavy atom. The molecule has 0 aromatic heterocycles. The van der Waals surface area contributed by atoms with E-state index < -0.39 is 17.6 Å². The molecule has 1 nitrogen and oxygen atoms in total. The highest BCUT2D eigenvalue weighted by Gasteiger charge is 2.24. The molecule has 0 fully saturated rings. The van der Waals surface area contributed by atoms with Crippen LogP contribution in [0.3, 0.4) is 0 Å². The van der Waals surface area contributed by atoms with Crippen molar-refractivity contribution in [1.29, 1.82) is 0 Å². The van der Waals surface area contributed by atoms with Crippen LogP contribution in [-0.2, 0) is 4.79 Å². The normalized spacial score (nSPS) is 12.9. The summed E-state index contributed by atoms with van der Waals surface area (Å²) in [5.41, 5.74) is 0.419. The molecule has 5 heteroatoms. The van der Waals surface area contributed by atoms with Crippen molar-refractivity contribution in [2.75, 3.05) is 0 Å². The summed E-state index contributed by atoms with van der Waals surface area (Å²) >= 11 is 8.32. The van der Waals surface area contributed by atoms with Gasteiger partial charge in [-0.3, -0.25) is 4.79 Å². The second-order valence-electron chi connectivity index (χ2n) is 3.05. The Kier molecular flexibility index (Phi) is 4.67. The molecule has 0 aliphatic rings. The Bertz CT molecular complexity index is 340. The minimum atomic E-state index is -2.59. The van der Waals surface area contributed by atoms with Crippen LogP contribution in [0.1, 0.15) is 17.9 Å². The summed E-state index contributed by atoms with van der Waals surface area (Å²) < 4.78 is 26.0. The van der Waals surface area contributed by atoms with Gasteiger partial charge in [-0.05, 0) is 29.3 Å². The molecule has 82 valence electrons. The van der Waals surface area contributed by atoms with Gasteiger partial charge in [-0.2, -0.15) is 0 Å². The van der Waals surface area contributed by atoms with Crippen molar-refractivity contribution in [2.45, 2.75) is 18.8 Å². The average molecular weight is 298 g/mol. The van der Waals surface area contributed by atoms with Crippen molar-refractivity contribution in [2.24, 2.45) is 0 Å². The lowest BCUT2D eigenvalue weighted by molar-refractivity contribution is -0.112. The van der Waals surface area contributed by atoms with Crippen molar-refractivity contribution in [3.05, 3.63) is 34.3 Å². The number of hydrogen-bond donors (Lipinski definition) is 0. The van der Waals surface area contributed by atoms with Crippen LogP contribution in [0.15, 0.2) is 28.7 Å². The summed E-state index contributed by atoms with van der Waals surface area (Å²) in [7, 11) is 0. The molecular weight excluding hydrogens is 289 g/mol. The molecular formula is C10H8BrClF2O. The molecule has 0 radical (unpaired) electrons. The summed E-state index contributed by atoms with van der Waals surface area (Å²) in [5, 5.41) is -0.747. The van der Waals surface area contributed by atoms with Gasteiger partial charge in [-0.15, -0.1) is 0 Å². The topological polar surface area (TPSA) is 17.1 Å². The molecule has 0 saturated heterocycles. The van der Waals surface area contributed by atoms with E-state index in [1.807, 2.05) is 0 Å². The van der Waals surface area contributed by atoms with Crippen molar-refractivity contribution in [3.63, 3.8) is 0 Å². The number of carbonyl (C=O) groups excluding carboxylic acids is 1. The number of hydrogen-bond acceptors (Lipinski definition) is 1. The number of rotatable bonds is 4. The minimum absolute atomic E-state index is 0.346. The molecule has 1 atom stereocenters. The molecule has 0 aliphatic carbocycles. The SMILES string of the molecule is O=C(Cl)CC(c1ccc(Br)cc1)C(F)F. The third-order valence-electron chi connectivity index (χ3n) is 1.98. The van der Waals surface area contributed by atoms with E-state index in [0.29, 0.717) is 5.56 Å². The first kappa shape index (κ1) is 12.6. The fraction of sp³-hybridized carbons (Fsp3) is 0.300. The van der Waals surface area contributed by atoms with Crippen LogP contribution < -0.4 is 0 Å². The van der Waals surface area contributed by atoms with Crippen molar-refractivity contribution in [1.82, 2.24) is 0 Å². The zero-order valence-electron chi connectivity index (χ0n) is 7.59. The van der Waals surface area contributed by atoms with Gasteiger partial charge < -0.3 is 0 Å². The molecule has 1 unspecified atom stereocenters. The fourth-order valence-corrected chi connectivity index (χ4v) is 1.67. The van der Waals surface area contributed by atoms with E-state index in [1.54, 1.807) is 24.3 Å². The van der Waals surface area contributed by atoms with Gasteiger partial charge in [0.15, 0.2) is 0 Å². The van der Waals surface area contributed by atoms with Crippen LogP contribution in [0.5, 0.6) is 0 Å². The Labute approximate surface area is 99.6 Å². The predicted molar refractivity (Wildman–Crippen MR) is 58.4 cm³/mol. The van der Waals surface area contributed by atoms with Gasteiger partial charge in [0.2, 0.25) is 11.7 Å². The van der Waals surface area contributed by atoms with E-state index in [2.05, 4.69) is 15.9 Å². The summed E-state index contributed by atoms with van der Waals surface area (Å²) in [6.07, 6.45) is -2.94. The predicted octanol–water partition coefficient (Wildman–Crippen LogP) is 3.95. The second-order valence-corrected chi connectivity index (χ2v) is 4.39. The Hall–Kier alpha value is -0.480. The molecule has 1 rings (SSSR count). The Balaban J connectivity index is 2.88. The van der Waals surface area contributed by atoms with Gasteiger partial charge in [0.1, 0.15) is 0 Å². The quantitative estimate of drug-likeness (QED) is 0.769. The number of benzene rings is 1. The third kappa shape index (κ3) is 3.87. The first-order chi connectivity index (χ1) is 7.00. The summed E-state index contributed by atoms with van der Waals surface area (Å²) in [6, 6.07) is 6.42. The van der Waals surface area contributed by atoms with E-state index in [0.717, 1.165) is 4.47 Å². The van der Waals surface area contributed by atoms with Crippen LogP contribution in [0.2, 0.25) is 0 Å². The standard InChI is InChI=1S/C10H8BrClF2O/c11-7-3-1-6(2-4-7)8(10(13)14)5-9(12)15/h1-4,8,10H,5H2. The Morgan fingerprint density at radius 3 is 2.27 bits per heavy atom. The summed E-state index contributed by atoms with van der Waals surface area (Å²) in [4.78, 5) is 10.6. The van der Waals surface area contributed by atoms with E-state index >= 15 is 0 Å². The molecule has 0 saturated carbocycles. The zero-order valence-corrected chi connectivity index (χ0v) is 9.93. The average Bonchev–Trinajstić information content (AvgIpc) is 2.15. The van der Waals surface area contributed by atoms with E-state index in [-0.39, 0.29) is 6.42 Å². The maximum atomic E-state index is 12.6. The highest BCUT2D eigenvalue weighted by Crippen LogP contribution is 2.28. The highest BCUT2D eigenvalue weighted by atomic mass is 79.9. The largest absolute Gasteiger partial charge is 0.281 e. The molecule has 0 bridgehead atoms. The van der Waals surface area contributed by atoms with E-state index in [4.69, 9.17) is 11.6 Å². The maximum Gasteiger partial charge on any atom is 0.245 e. The number of halogens is 4.